The van der Waals surface area contributed by atoms with E-state index in [9.17, 15) is 9.59 Å². The summed E-state index contributed by atoms with van der Waals surface area (Å²) in [6.45, 7) is 7.47. The molecule has 2 aromatic heterocycles. The number of ketones is 1. The van der Waals surface area contributed by atoms with Crippen molar-refractivity contribution in [1.29, 1.82) is 5.26 Å². The molecule has 2 heterocycles. The first-order valence-corrected chi connectivity index (χ1v) is 9.78. The van der Waals surface area contributed by atoms with Gasteiger partial charge in [-0.1, -0.05) is 32.9 Å². The number of benzene rings is 1. The molecule has 0 amide bonds. The molecule has 3 aromatic rings. The van der Waals surface area contributed by atoms with Crippen LogP contribution in [0.1, 0.15) is 43.6 Å². The lowest BCUT2D eigenvalue weighted by molar-refractivity contribution is -0.137. The molecule has 0 aliphatic rings. The Hall–Kier alpha value is -3.99. The van der Waals surface area contributed by atoms with E-state index in [1.54, 1.807) is 43.6 Å². The molecule has 2 N–H and O–H groups in total. The number of nitrogens with zero attached hydrogens (tertiary/aromatic N) is 3. The Morgan fingerprint density at radius 3 is 2.58 bits per heavy atom. The van der Waals surface area contributed by atoms with E-state index in [1.165, 1.54) is 6.08 Å². The predicted molar refractivity (Wildman–Crippen MR) is 118 cm³/mol. The third-order valence-electron chi connectivity index (χ3n) is 4.42. The highest BCUT2D eigenvalue weighted by atomic mass is 16.5. The number of Topliss-reactive ketones (excluding diaryl/α,β-unsaturated/α-hetero) is 1. The monoisotopic (exact) mass is 417 g/mol. The predicted octanol–water partition coefficient (Wildman–Crippen LogP) is 4.40. The molecule has 0 aliphatic carbocycles. The second kappa shape index (κ2) is 8.79. The minimum Gasteiger partial charge on any atom is -0.462 e. The van der Waals surface area contributed by atoms with Crippen molar-refractivity contribution in [1.82, 2.24) is 15.0 Å². The fourth-order valence-electron chi connectivity index (χ4n) is 2.85. The number of carbonyl (C=O) groups is 2. The lowest BCUT2D eigenvalue weighted by Gasteiger charge is -2.15. The quantitative estimate of drug-likeness (QED) is 0.264. The number of anilines is 2. The van der Waals surface area contributed by atoms with Crippen molar-refractivity contribution in [2.75, 3.05) is 11.9 Å². The number of rotatable bonds is 6. The van der Waals surface area contributed by atoms with Gasteiger partial charge in [0.1, 0.15) is 23.0 Å². The number of nitriles is 1. The maximum Gasteiger partial charge on any atom is 0.348 e. The summed E-state index contributed by atoms with van der Waals surface area (Å²) in [6, 6.07) is 8.95. The zero-order valence-corrected chi connectivity index (χ0v) is 17.8. The number of aromatic amines is 1. The van der Waals surface area contributed by atoms with Crippen molar-refractivity contribution in [3.05, 3.63) is 53.4 Å². The zero-order valence-electron chi connectivity index (χ0n) is 17.8. The molecule has 0 bridgehead atoms. The maximum atomic E-state index is 12.7. The fourth-order valence-corrected chi connectivity index (χ4v) is 2.85. The molecule has 0 saturated heterocycles. The van der Waals surface area contributed by atoms with Crippen LogP contribution in [0.3, 0.4) is 0 Å². The number of hydrogen-bond donors (Lipinski definition) is 2. The van der Waals surface area contributed by atoms with Gasteiger partial charge in [-0.15, -0.1) is 0 Å². The normalized spacial score (nSPS) is 11.8. The second-order valence-electron chi connectivity index (χ2n) is 7.87. The summed E-state index contributed by atoms with van der Waals surface area (Å²) >= 11 is 0. The average Bonchev–Trinajstić information content (AvgIpc) is 3.15. The van der Waals surface area contributed by atoms with E-state index < -0.39 is 11.4 Å². The van der Waals surface area contributed by atoms with Crippen molar-refractivity contribution < 1.29 is 14.3 Å². The Kier molecular flexibility index (Phi) is 6.16. The average molecular weight is 417 g/mol. The lowest BCUT2D eigenvalue weighted by Crippen LogP contribution is -2.20. The molecule has 0 atom stereocenters. The number of esters is 1. The Morgan fingerprint density at radius 1 is 1.26 bits per heavy atom. The summed E-state index contributed by atoms with van der Waals surface area (Å²) in [4.78, 5) is 36.3. The minimum absolute atomic E-state index is 0.0174. The first-order chi connectivity index (χ1) is 14.7. The molecule has 8 heteroatoms. The number of ether oxygens (including phenoxy) is 1. The summed E-state index contributed by atoms with van der Waals surface area (Å²) in [5.41, 5.74) is 2.37. The van der Waals surface area contributed by atoms with Crippen molar-refractivity contribution >= 4 is 40.5 Å². The zero-order chi connectivity index (χ0) is 22.6. The third-order valence-corrected chi connectivity index (χ3v) is 4.42. The van der Waals surface area contributed by atoms with Gasteiger partial charge < -0.3 is 15.0 Å². The van der Waals surface area contributed by atoms with Crippen LogP contribution >= 0.6 is 0 Å². The first kappa shape index (κ1) is 21.7. The highest BCUT2D eigenvalue weighted by molar-refractivity contribution is 6.08. The molecule has 0 fully saturated rings. The van der Waals surface area contributed by atoms with Crippen LogP contribution in [0.2, 0.25) is 0 Å². The number of H-pyrrole nitrogens is 1. The van der Waals surface area contributed by atoms with Gasteiger partial charge in [-0.2, -0.15) is 5.26 Å². The number of fused-ring (bicyclic) bond motifs is 1. The number of carbonyl (C=O) groups excluding carboxylic acids is 2. The highest BCUT2D eigenvalue weighted by Crippen LogP contribution is 2.26. The molecule has 8 nitrogen and oxygen atoms in total. The molecule has 0 saturated carbocycles. The van der Waals surface area contributed by atoms with E-state index in [1.807, 2.05) is 26.8 Å². The van der Waals surface area contributed by atoms with Crippen LogP contribution in [0.25, 0.3) is 17.2 Å². The summed E-state index contributed by atoms with van der Waals surface area (Å²) in [5, 5.41) is 12.3. The molecule has 3 rings (SSSR count). The maximum absolute atomic E-state index is 12.7. The minimum atomic E-state index is -0.650. The van der Waals surface area contributed by atoms with Crippen LogP contribution in [0, 0.1) is 16.7 Å². The van der Waals surface area contributed by atoms with E-state index in [0.29, 0.717) is 28.1 Å². The Bertz CT molecular complexity index is 1190. The SMILES string of the molecule is CCOC(=O)/C(C#N)=C/c1ccc(Nc2cnc3[nH]cc(C(=O)C(C)(C)C)c3n2)cc1. The van der Waals surface area contributed by atoms with Gasteiger partial charge in [-0.05, 0) is 30.7 Å². The highest BCUT2D eigenvalue weighted by Gasteiger charge is 2.26. The van der Waals surface area contributed by atoms with E-state index >= 15 is 0 Å². The Labute approximate surface area is 180 Å². The molecule has 0 aliphatic heterocycles. The fraction of sp³-hybridized carbons (Fsp3) is 0.261. The van der Waals surface area contributed by atoms with Crippen LogP contribution in [0.15, 0.2) is 42.2 Å². The van der Waals surface area contributed by atoms with Crippen LogP contribution in [-0.4, -0.2) is 33.3 Å². The van der Waals surface area contributed by atoms with Gasteiger partial charge in [-0.3, -0.25) is 4.79 Å². The van der Waals surface area contributed by atoms with Crippen LogP contribution in [0.4, 0.5) is 11.5 Å². The summed E-state index contributed by atoms with van der Waals surface area (Å²) in [6.07, 6.45) is 4.68. The third kappa shape index (κ3) is 4.95. The number of aromatic nitrogens is 3. The van der Waals surface area contributed by atoms with Gasteiger partial charge in [0.25, 0.3) is 0 Å². The van der Waals surface area contributed by atoms with E-state index in [-0.39, 0.29) is 18.0 Å². The van der Waals surface area contributed by atoms with Crippen LogP contribution in [0.5, 0.6) is 0 Å². The molecular weight excluding hydrogens is 394 g/mol. The molecular formula is C23H23N5O3. The number of nitrogens with one attached hydrogen (secondary N) is 2. The van der Waals surface area contributed by atoms with Crippen molar-refractivity contribution in [2.24, 2.45) is 5.41 Å². The van der Waals surface area contributed by atoms with Gasteiger partial charge in [0.05, 0.1) is 18.4 Å². The molecule has 1 aromatic carbocycles. The van der Waals surface area contributed by atoms with Crippen molar-refractivity contribution in [3.63, 3.8) is 0 Å². The Morgan fingerprint density at radius 2 is 1.97 bits per heavy atom. The van der Waals surface area contributed by atoms with Crippen molar-refractivity contribution in [2.45, 2.75) is 27.7 Å². The molecule has 0 spiro atoms. The topological polar surface area (TPSA) is 121 Å². The summed E-state index contributed by atoms with van der Waals surface area (Å²) in [5.74, 6) is -0.179. The molecule has 31 heavy (non-hydrogen) atoms. The molecule has 0 radical (unpaired) electrons. The van der Waals surface area contributed by atoms with Gasteiger partial charge in [0.15, 0.2) is 11.4 Å². The van der Waals surface area contributed by atoms with Crippen LogP contribution < -0.4 is 5.32 Å². The van der Waals surface area contributed by atoms with Gasteiger partial charge in [0.2, 0.25) is 0 Å². The van der Waals surface area contributed by atoms with E-state index in [2.05, 4.69) is 20.3 Å². The molecule has 0 unspecified atom stereocenters. The van der Waals surface area contributed by atoms with Gasteiger partial charge in [0, 0.05) is 17.3 Å². The van der Waals surface area contributed by atoms with Crippen LogP contribution in [-0.2, 0) is 9.53 Å². The van der Waals surface area contributed by atoms with Crippen molar-refractivity contribution in [3.8, 4) is 6.07 Å². The standard InChI is InChI=1S/C23H23N5O3/c1-5-31-22(30)15(11-24)10-14-6-8-16(9-7-14)27-18-13-26-21-19(28-18)17(12-25-21)20(29)23(2,3)4/h6-10,12-13H,5H2,1-4H3,(H,25,26)(H,27,28)/b15-10+. The lowest BCUT2D eigenvalue weighted by atomic mass is 9.87. The first-order valence-electron chi connectivity index (χ1n) is 9.78. The summed E-state index contributed by atoms with van der Waals surface area (Å²) in [7, 11) is 0. The Balaban J connectivity index is 1.82. The summed E-state index contributed by atoms with van der Waals surface area (Å²) < 4.78 is 4.86. The van der Waals surface area contributed by atoms with Gasteiger partial charge >= 0.3 is 5.97 Å². The van der Waals surface area contributed by atoms with Gasteiger partial charge in [-0.25, -0.2) is 14.8 Å². The molecule has 158 valence electrons. The van der Waals surface area contributed by atoms with E-state index in [0.717, 1.165) is 5.69 Å². The number of hydrogen-bond acceptors (Lipinski definition) is 7. The largest absolute Gasteiger partial charge is 0.462 e. The smallest absolute Gasteiger partial charge is 0.348 e. The van der Waals surface area contributed by atoms with E-state index in [4.69, 9.17) is 10.00 Å². The second-order valence-corrected chi connectivity index (χ2v) is 7.87.